The topological polar surface area (TPSA) is 47.9 Å². The van der Waals surface area contributed by atoms with Gasteiger partial charge in [0.2, 0.25) is 0 Å². The second kappa shape index (κ2) is 4.89. The second-order valence-electron chi connectivity index (χ2n) is 4.17. The van der Waals surface area contributed by atoms with Crippen LogP contribution in [0.2, 0.25) is 0 Å². The van der Waals surface area contributed by atoms with Crippen LogP contribution in [0.25, 0.3) is 0 Å². The highest BCUT2D eigenvalue weighted by Crippen LogP contribution is 2.27. The van der Waals surface area contributed by atoms with Crippen LogP contribution in [0.1, 0.15) is 6.42 Å². The molecule has 2 fully saturated rings. The zero-order valence-corrected chi connectivity index (χ0v) is 9.86. The van der Waals surface area contributed by atoms with Crippen LogP contribution in [0.15, 0.2) is 0 Å². The molecule has 86 valence electrons. The molecule has 2 aliphatic rings. The van der Waals surface area contributed by atoms with Gasteiger partial charge in [0.1, 0.15) is 12.2 Å². The van der Waals surface area contributed by atoms with Crippen molar-refractivity contribution in [3.05, 3.63) is 0 Å². The molecule has 15 heavy (non-hydrogen) atoms. The van der Waals surface area contributed by atoms with Crippen molar-refractivity contribution in [3.8, 4) is 0 Å². The minimum atomic E-state index is -0.414. The third-order valence-electron chi connectivity index (χ3n) is 2.71. The highest BCUT2D eigenvalue weighted by molar-refractivity contribution is 7.55. The first-order valence-electron chi connectivity index (χ1n) is 5.25. The lowest BCUT2D eigenvalue weighted by Gasteiger charge is -2.40. The number of ether oxygens (including phenoxy) is 3. The maximum Gasteiger partial charge on any atom is 0.198 e. The first-order valence-corrected chi connectivity index (χ1v) is 7.41. The number of hydrogen-bond acceptors (Lipinski definition) is 4. The van der Waals surface area contributed by atoms with E-state index in [4.69, 9.17) is 14.2 Å². The van der Waals surface area contributed by atoms with Crippen LogP contribution in [0.5, 0.6) is 0 Å². The van der Waals surface area contributed by atoms with Crippen LogP contribution >= 0.6 is 7.55 Å². The first-order chi connectivity index (χ1) is 7.16. The zero-order valence-electron chi connectivity index (χ0n) is 8.96. The molecule has 2 saturated heterocycles. The van der Waals surface area contributed by atoms with E-state index >= 15 is 0 Å². The molecule has 0 bridgehead atoms. The SMILES string of the molecule is C=[P+](C)CC1OCC2OCCC(O)C2O1. The highest BCUT2D eigenvalue weighted by atomic mass is 31.1. The molecule has 0 saturated carbocycles. The lowest BCUT2D eigenvalue weighted by Crippen LogP contribution is -2.54. The number of hydrogen-bond donors (Lipinski definition) is 1. The quantitative estimate of drug-likeness (QED) is 0.702. The predicted molar refractivity (Wildman–Crippen MR) is 59.8 cm³/mol. The molecule has 0 aromatic carbocycles. The average Bonchev–Trinajstić information content (AvgIpc) is 2.18. The molecule has 0 aromatic heterocycles. The van der Waals surface area contributed by atoms with E-state index in [2.05, 4.69) is 13.0 Å². The average molecular weight is 233 g/mol. The lowest BCUT2D eigenvalue weighted by molar-refractivity contribution is -0.287. The minimum Gasteiger partial charge on any atom is -0.390 e. The Balaban J connectivity index is 1.93. The molecule has 0 radical (unpaired) electrons. The van der Waals surface area contributed by atoms with E-state index in [1.54, 1.807) is 0 Å². The molecule has 0 aromatic rings. The Kier molecular flexibility index (Phi) is 3.75. The molecule has 0 spiro atoms. The van der Waals surface area contributed by atoms with Gasteiger partial charge in [0, 0.05) is 6.61 Å². The molecule has 2 heterocycles. The van der Waals surface area contributed by atoms with Gasteiger partial charge in [-0.3, -0.25) is 0 Å². The molecule has 5 unspecified atom stereocenters. The minimum absolute atomic E-state index is 0.0992. The van der Waals surface area contributed by atoms with Gasteiger partial charge in [-0.25, -0.2) is 0 Å². The fraction of sp³-hybridized carbons (Fsp3) is 0.900. The summed E-state index contributed by atoms with van der Waals surface area (Å²) in [6.07, 6.45) is 4.50. The molecule has 2 aliphatic heterocycles. The summed E-state index contributed by atoms with van der Waals surface area (Å²) in [5.74, 6) is 0. The summed E-state index contributed by atoms with van der Waals surface area (Å²) in [4.78, 5) is 0. The van der Waals surface area contributed by atoms with Gasteiger partial charge in [0.05, 0.1) is 33.2 Å². The Morgan fingerprint density at radius 3 is 3.00 bits per heavy atom. The van der Waals surface area contributed by atoms with Crippen molar-refractivity contribution >= 4 is 13.8 Å². The van der Waals surface area contributed by atoms with Gasteiger partial charge in [-0.05, 0) is 6.42 Å². The van der Waals surface area contributed by atoms with E-state index in [1.165, 1.54) is 0 Å². The van der Waals surface area contributed by atoms with Gasteiger partial charge in [0.15, 0.2) is 12.5 Å². The summed E-state index contributed by atoms with van der Waals surface area (Å²) in [6, 6.07) is 0. The number of aliphatic hydroxyl groups excluding tert-OH is 1. The molecular weight excluding hydrogens is 215 g/mol. The molecular formula is C10H18O4P+. The Morgan fingerprint density at radius 1 is 1.47 bits per heavy atom. The van der Waals surface area contributed by atoms with E-state index in [0.717, 1.165) is 6.16 Å². The molecule has 0 aliphatic carbocycles. The maximum atomic E-state index is 9.79. The van der Waals surface area contributed by atoms with Crippen molar-refractivity contribution in [2.75, 3.05) is 26.0 Å². The van der Waals surface area contributed by atoms with E-state index in [1.807, 2.05) is 0 Å². The summed E-state index contributed by atoms with van der Waals surface area (Å²) < 4.78 is 16.7. The normalized spacial score (nSPS) is 42.1. The summed E-state index contributed by atoms with van der Waals surface area (Å²) in [5, 5.41) is 9.79. The summed E-state index contributed by atoms with van der Waals surface area (Å²) in [6.45, 7) is 3.20. The smallest absolute Gasteiger partial charge is 0.198 e. The van der Waals surface area contributed by atoms with Crippen molar-refractivity contribution in [3.63, 3.8) is 0 Å². The third kappa shape index (κ3) is 2.77. The molecule has 5 heteroatoms. The number of aliphatic hydroxyl groups is 1. The van der Waals surface area contributed by atoms with Crippen LogP contribution < -0.4 is 0 Å². The first kappa shape index (κ1) is 11.5. The van der Waals surface area contributed by atoms with Gasteiger partial charge < -0.3 is 19.3 Å². The summed E-state index contributed by atoms with van der Waals surface area (Å²) in [5.41, 5.74) is 0. The Bertz CT molecular complexity index is 246. The van der Waals surface area contributed by atoms with Crippen molar-refractivity contribution in [1.82, 2.24) is 0 Å². The third-order valence-corrected chi connectivity index (χ3v) is 3.63. The van der Waals surface area contributed by atoms with Crippen molar-refractivity contribution in [2.45, 2.75) is 31.0 Å². The molecule has 4 nitrogen and oxygen atoms in total. The molecule has 1 N–H and O–H groups in total. The van der Waals surface area contributed by atoms with Gasteiger partial charge in [0.25, 0.3) is 0 Å². The number of fused-ring (bicyclic) bond motifs is 1. The van der Waals surface area contributed by atoms with E-state index in [0.29, 0.717) is 19.6 Å². The van der Waals surface area contributed by atoms with Crippen LogP contribution in [0.3, 0.4) is 0 Å². The van der Waals surface area contributed by atoms with Gasteiger partial charge >= 0.3 is 0 Å². The van der Waals surface area contributed by atoms with E-state index in [-0.39, 0.29) is 26.0 Å². The van der Waals surface area contributed by atoms with Crippen LogP contribution in [0, 0.1) is 0 Å². The van der Waals surface area contributed by atoms with Gasteiger partial charge in [-0.15, -0.1) is 0 Å². The predicted octanol–water partition coefficient (Wildman–Crippen LogP) is 0.421. The summed E-state index contributed by atoms with van der Waals surface area (Å²) in [7, 11) is -0.285. The van der Waals surface area contributed by atoms with Crippen molar-refractivity contribution in [2.24, 2.45) is 0 Å². The highest BCUT2D eigenvalue weighted by Gasteiger charge is 2.40. The Labute approximate surface area is 90.9 Å². The van der Waals surface area contributed by atoms with Crippen LogP contribution in [-0.2, 0) is 14.2 Å². The molecule has 2 rings (SSSR count). The maximum absolute atomic E-state index is 9.79. The van der Waals surface area contributed by atoms with E-state index < -0.39 is 6.10 Å². The number of rotatable bonds is 2. The van der Waals surface area contributed by atoms with E-state index in [9.17, 15) is 5.11 Å². The zero-order chi connectivity index (χ0) is 10.8. The van der Waals surface area contributed by atoms with Gasteiger partial charge in [-0.1, -0.05) is 0 Å². The van der Waals surface area contributed by atoms with Crippen LogP contribution in [0.4, 0.5) is 0 Å². The summed E-state index contributed by atoms with van der Waals surface area (Å²) >= 11 is 0. The standard InChI is InChI=1S/C10H18O4P/c1-15(2)6-9-13-5-8-10(14-9)7(11)3-4-12-8/h7-11H,1,3-6H2,2H3/q+1. The Hall–Kier alpha value is 0.01000. The lowest BCUT2D eigenvalue weighted by atomic mass is 10.0. The fourth-order valence-electron chi connectivity index (χ4n) is 1.94. The largest absolute Gasteiger partial charge is 0.390 e. The fourth-order valence-corrected chi connectivity index (χ4v) is 2.64. The van der Waals surface area contributed by atoms with Crippen LogP contribution in [-0.4, -0.2) is 62.0 Å². The van der Waals surface area contributed by atoms with Gasteiger partial charge in [-0.2, -0.15) is 0 Å². The second-order valence-corrected chi connectivity index (χ2v) is 6.24. The monoisotopic (exact) mass is 233 g/mol. The molecule has 5 atom stereocenters. The molecule has 0 amide bonds. The Morgan fingerprint density at radius 2 is 2.27 bits per heavy atom. The van der Waals surface area contributed by atoms with Crippen molar-refractivity contribution in [1.29, 1.82) is 0 Å². The van der Waals surface area contributed by atoms with Crippen molar-refractivity contribution < 1.29 is 19.3 Å².